The number of methoxy groups -OCH3 is 1. The number of piperazine rings is 1. The average Bonchev–Trinajstić information content (AvgIpc) is 3.22. The van der Waals surface area contributed by atoms with E-state index in [0.717, 1.165) is 66.9 Å². The minimum Gasteiger partial charge on any atom is -0.380 e. The lowest BCUT2D eigenvalue weighted by Crippen LogP contribution is -2.48. The summed E-state index contributed by atoms with van der Waals surface area (Å²) in [4.78, 5) is 36.5. The van der Waals surface area contributed by atoms with Gasteiger partial charge in [-0.15, -0.1) is 11.8 Å². The molecule has 0 bridgehead atoms. The molecule has 0 aromatic heterocycles. The number of rotatable bonds is 17. The molecule has 2 saturated heterocycles. The van der Waals surface area contributed by atoms with Crippen molar-refractivity contribution in [2.45, 2.75) is 34.8 Å². The second-order valence-corrected chi connectivity index (χ2v) is 17.2. The zero-order valence-electron chi connectivity index (χ0n) is 32.6. The lowest BCUT2D eigenvalue weighted by Gasteiger charge is -2.36. The normalized spacial score (nSPS) is 16.9. The molecule has 6 rings (SSSR count). The van der Waals surface area contributed by atoms with Crippen molar-refractivity contribution in [2.75, 3.05) is 90.4 Å². The number of nitro benzene ring substituents is 1. The van der Waals surface area contributed by atoms with Crippen LogP contribution in [-0.2, 0) is 25.9 Å². The largest absolute Gasteiger partial charge is 0.380 e. The third-order valence-corrected chi connectivity index (χ3v) is 12.7. The fourth-order valence-corrected chi connectivity index (χ4v) is 8.96. The highest BCUT2D eigenvalue weighted by Crippen LogP contribution is 2.36. The minimum atomic E-state index is -4.28. The van der Waals surface area contributed by atoms with Crippen LogP contribution < -0.4 is 10.0 Å². The molecule has 2 aliphatic rings. The Bertz CT molecular complexity index is 2060. The first-order valence-corrected chi connectivity index (χ1v) is 21.8. The van der Waals surface area contributed by atoms with Gasteiger partial charge < -0.3 is 19.3 Å². The van der Waals surface area contributed by atoms with E-state index in [0.29, 0.717) is 50.5 Å². The predicted octanol–water partition coefficient (Wildman–Crippen LogP) is 5.24. The first-order valence-electron chi connectivity index (χ1n) is 19.2. The fraction of sp³-hybridized carbons (Fsp3) is 0.405. The van der Waals surface area contributed by atoms with Crippen LogP contribution >= 0.6 is 11.8 Å². The maximum Gasteiger partial charge on any atom is 0.294 e. The molecule has 0 aliphatic carbocycles. The summed E-state index contributed by atoms with van der Waals surface area (Å²) in [5, 5.41) is 18.2. The highest BCUT2D eigenvalue weighted by Gasteiger charge is 2.34. The van der Waals surface area contributed by atoms with Gasteiger partial charge in [0.2, 0.25) is 10.0 Å². The molecule has 304 valence electrons. The maximum absolute atomic E-state index is 15.3. The Morgan fingerprint density at radius 1 is 0.930 bits per heavy atom. The van der Waals surface area contributed by atoms with Crippen LogP contribution in [0, 0.1) is 10.1 Å². The van der Waals surface area contributed by atoms with Gasteiger partial charge >= 0.3 is 0 Å². The molecule has 1 unspecified atom stereocenters. The summed E-state index contributed by atoms with van der Waals surface area (Å²) < 4.78 is 36.4. The number of carbonyl (C=O) groups is 1. The lowest BCUT2D eigenvalue weighted by atomic mass is 9.93. The smallest absolute Gasteiger partial charge is 0.294 e. The van der Waals surface area contributed by atoms with E-state index in [1.165, 1.54) is 17.0 Å². The van der Waals surface area contributed by atoms with Crippen LogP contribution in [-0.4, -0.2) is 132 Å². The van der Waals surface area contributed by atoms with Crippen molar-refractivity contribution in [2.24, 2.45) is 5.14 Å². The number of nitrogens with zero attached hydrogens (tertiary/aromatic N) is 5. The number of primary sulfonamides is 1. The number of carbonyl (C=O) groups excluding carboxylic acids is 1. The SMILES string of the molecule is COC(Cc1cc(C(=O)N(c2ccc(S(N)(=O)=O)cc2[N+](=O)[O-])[C@H](CCN2CCN(C)CC2)CSc2ccccc2)ccc1-c1ccccc1)CN1CCOCC1. The van der Waals surface area contributed by atoms with Gasteiger partial charge in [0.15, 0.2) is 0 Å². The Morgan fingerprint density at radius 2 is 1.61 bits per heavy atom. The summed E-state index contributed by atoms with van der Waals surface area (Å²) in [6, 6.07) is 28.4. The standard InChI is InChI=1S/C42H52N6O7S2/c1-44-19-21-45(22-20-44)18-17-35(31-56-37-11-7-4-8-12-37)47(40-16-14-38(57(43,52)53)29-41(40)48(50)51)42(49)33-13-15-39(32-9-5-3-6-10-32)34(27-33)28-36(54-2)30-46-23-25-55-26-24-46/h3-16,27,29,35-36H,17-26,28,30-31H2,1-2H3,(H2,43,52,53)/t35-,36?/m1/s1. The Kier molecular flexibility index (Phi) is 14.9. The first-order chi connectivity index (χ1) is 27.5. The summed E-state index contributed by atoms with van der Waals surface area (Å²) in [5.74, 6) is -0.000748. The number of amides is 1. The summed E-state index contributed by atoms with van der Waals surface area (Å²) in [6.07, 6.45) is 0.848. The molecule has 4 aromatic carbocycles. The Labute approximate surface area is 339 Å². The zero-order valence-corrected chi connectivity index (χ0v) is 34.2. The number of ether oxygens (including phenoxy) is 2. The van der Waals surface area contributed by atoms with Gasteiger partial charge in [-0.1, -0.05) is 54.6 Å². The van der Waals surface area contributed by atoms with E-state index in [9.17, 15) is 18.5 Å². The van der Waals surface area contributed by atoms with Crippen molar-refractivity contribution in [1.29, 1.82) is 0 Å². The van der Waals surface area contributed by atoms with Crippen LogP contribution in [0.1, 0.15) is 22.3 Å². The number of morpholine rings is 1. The van der Waals surface area contributed by atoms with Crippen molar-refractivity contribution in [1.82, 2.24) is 14.7 Å². The highest BCUT2D eigenvalue weighted by molar-refractivity contribution is 7.99. The third-order valence-electron chi connectivity index (χ3n) is 10.7. The molecule has 2 N–H and O–H groups in total. The summed E-state index contributed by atoms with van der Waals surface area (Å²) in [7, 11) is -0.485. The van der Waals surface area contributed by atoms with Gasteiger partial charge in [-0.05, 0) is 66.6 Å². The zero-order chi connectivity index (χ0) is 40.4. The molecule has 13 nitrogen and oxygen atoms in total. The van der Waals surface area contributed by atoms with Gasteiger partial charge in [-0.3, -0.25) is 24.7 Å². The number of benzene rings is 4. The van der Waals surface area contributed by atoms with Crippen LogP contribution in [0.25, 0.3) is 11.1 Å². The summed E-state index contributed by atoms with van der Waals surface area (Å²) in [6.45, 7) is 7.83. The highest BCUT2D eigenvalue weighted by atomic mass is 32.2. The van der Waals surface area contributed by atoms with Gasteiger partial charge in [-0.25, -0.2) is 13.6 Å². The van der Waals surface area contributed by atoms with E-state index in [2.05, 4.69) is 21.7 Å². The molecule has 57 heavy (non-hydrogen) atoms. The maximum atomic E-state index is 15.3. The molecule has 15 heteroatoms. The molecule has 2 heterocycles. The monoisotopic (exact) mass is 816 g/mol. The van der Waals surface area contributed by atoms with E-state index in [-0.39, 0.29) is 11.8 Å². The number of nitro groups is 1. The number of nitrogens with two attached hydrogens (primary N) is 1. The summed E-state index contributed by atoms with van der Waals surface area (Å²) in [5.41, 5.74) is 2.69. The molecule has 0 spiro atoms. The van der Waals surface area contributed by atoms with Gasteiger partial charge in [0.1, 0.15) is 5.69 Å². The minimum absolute atomic E-state index is 0.00482. The molecular weight excluding hydrogens is 765 g/mol. The van der Waals surface area contributed by atoms with Crippen LogP contribution in [0.5, 0.6) is 0 Å². The van der Waals surface area contributed by atoms with Crippen molar-refractivity contribution < 1.29 is 27.6 Å². The third kappa shape index (κ3) is 11.5. The van der Waals surface area contributed by atoms with Crippen LogP contribution in [0.15, 0.2) is 107 Å². The quantitative estimate of drug-likeness (QED) is 0.0846. The van der Waals surface area contributed by atoms with Crippen LogP contribution in [0.3, 0.4) is 0 Å². The Hall–Kier alpha value is -4.19. The molecule has 2 fully saturated rings. The number of thioether (sulfide) groups is 1. The molecule has 1 amide bonds. The Balaban J connectivity index is 1.44. The van der Waals surface area contributed by atoms with Crippen LogP contribution in [0.4, 0.5) is 11.4 Å². The number of hydrogen-bond acceptors (Lipinski definition) is 11. The summed E-state index contributed by atoms with van der Waals surface area (Å²) >= 11 is 1.57. The molecular formula is C42H52N6O7S2. The predicted molar refractivity (Wildman–Crippen MR) is 224 cm³/mol. The van der Waals surface area contributed by atoms with Gasteiger partial charge in [0.25, 0.3) is 11.6 Å². The van der Waals surface area contributed by atoms with E-state index >= 15 is 4.79 Å². The van der Waals surface area contributed by atoms with E-state index in [1.54, 1.807) is 24.9 Å². The van der Waals surface area contributed by atoms with Gasteiger partial charge in [0.05, 0.1) is 29.1 Å². The molecule has 4 aromatic rings. The van der Waals surface area contributed by atoms with Crippen LogP contribution in [0.2, 0.25) is 0 Å². The number of anilines is 1. The van der Waals surface area contributed by atoms with Crippen molar-refractivity contribution in [3.05, 3.63) is 118 Å². The molecule has 0 radical (unpaired) electrons. The van der Waals surface area contributed by atoms with Crippen molar-refractivity contribution in [3.8, 4) is 11.1 Å². The molecule has 2 atom stereocenters. The van der Waals surface area contributed by atoms with Gasteiger partial charge in [-0.2, -0.15) is 0 Å². The lowest BCUT2D eigenvalue weighted by molar-refractivity contribution is -0.384. The number of sulfonamides is 1. The molecule has 2 aliphatic heterocycles. The van der Waals surface area contributed by atoms with Gasteiger partial charge in [0, 0.05) is 94.2 Å². The van der Waals surface area contributed by atoms with Crippen molar-refractivity contribution in [3.63, 3.8) is 0 Å². The van der Waals surface area contributed by atoms with E-state index in [4.69, 9.17) is 14.6 Å². The van der Waals surface area contributed by atoms with Crippen molar-refractivity contribution >= 4 is 39.1 Å². The topological polar surface area (TPSA) is 152 Å². The number of likely N-dealkylation sites (N-methyl/N-ethyl adjacent to an activating group) is 1. The second-order valence-electron chi connectivity index (χ2n) is 14.6. The van der Waals surface area contributed by atoms with E-state index in [1.807, 2.05) is 72.8 Å². The second kappa shape index (κ2) is 20.0. The Morgan fingerprint density at radius 3 is 2.26 bits per heavy atom. The fourth-order valence-electron chi connectivity index (χ4n) is 7.37. The van der Waals surface area contributed by atoms with E-state index < -0.39 is 37.5 Å². The average molecular weight is 817 g/mol. The first kappa shape index (κ1) is 42.4. The number of hydrogen-bond donors (Lipinski definition) is 1. The molecule has 0 saturated carbocycles.